The van der Waals surface area contributed by atoms with Crippen LogP contribution in [0.3, 0.4) is 0 Å². The Morgan fingerprint density at radius 1 is 0.471 bits per heavy atom. The van der Waals surface area contributed by atoms with Crippen LogP contribution >= 0.6 is 0 Å². The molecule has 0 aromatic heterocycles. The van der Waals surface area contributed by atoms with Gasteiger partial charge in [-0.15, -0.1) is 0 Å². The first-order valence-electron chi connectivity index (χ1n) is 11.2. The largest absolute Gasteiger partial charge is 0.433 e. The third-order valence-corrected chi connectivity index (χ3v) is 6.28. The lowest BCUT2D eigenvalue weighted by atomic mass is 9.80. The van der Waals surface area contributed by atoms with Crippen molar-refractivity contribution in [2.45, 2.75) is 25.0 Å². The van der Waals surface area contributed by atoms with Gasteiger partial charge in [-0.05, 0) is 13.8 Å². The van der Waals surface area contributed by atoms with Gasteiger partial charge in [0, 0.05) is 22.3 Å². The van der Waals surface area contributed by atoms with Crippen LogP contribution < -0.4 is 0 Å². The molecule has 4 aromatic rings. The van der Waals surface area contributed by atoms with Crippen molar-refractivity contribution < 1.29 is 19.1 Å². The number of carbonyl (C=O) groups is 2. The number of aryl methyl sites for hydroxylation is 2. The van der Waals surface area contributed by atoms with Gasteiger partial charge in [-0.25, -0.2) is 9.59 Å². The third-order valence-electron chi connectivity index (χ3n) is 6.28. The normalized spacial score (nSPS) is 22.1. The van der Waals surface area contributed by atoms with E-state index >= 15 is 0 Å². The van der Waals surface area contributed by atoms with Gasteiger partial charge in [0.2, 0.25) is 0 Å². The summed E-state index contributed by atoms with van der Waals surface area (Å²) in [5.74, 6) is -1.29. The number of hydrogen-bond donors (Lipinski definition) is 0. The van der Waals surface area contributed by atoms with Crippen molar-refractivity contribution in [2.75, 3.05) is 0 Å². The Labute approximate surface area is 198 Å². The van der Waals surface area contributed by atoms with Crippen LogP contribution in [-0.4, -0.2) is 11.9 Å². The van der Waals surface area contributed by atoms with Crippen molar-refractivity contribution in [3.05, 3.63) is 143 Å². The molecule has 1 saturated heterocycles. The number of cyclic esters (lactones) is 2. The van der Waals surface area contributed by atoms with Crippen LogP contribution in [0.1, 0.15) is 33.4 Å². The van der Waals surface area contributed by atoms with Gasteiger partial charge in [0.1, 0.15) is 0 Å². The smallest absolute Gasteiger partial charge is 0.362 e. The average Bonchev–Trinajstić information content (AvgIpc) is 2.86. The fourth-order valence-electron chi connectivity index (χ4n) is 4.62. The zero-order valence-electron chi connectivity index (χ0n) is 19.0. The van der Waals surface area contributed by atoms with E-state index in [0.717, 1.165) is 11.1 Å². The maximum absolute atomic E-state index is 14.1. The van der Waals surface area contributed by atoms with Gasteiger partial charge < -0.3 is 9.47 Å². The first-order valence-corrected chi connectivity index (χ1v) is 11.2. The second kappa shape index (κ2) is 8.31. The number of rotatable bonds is 4. The molecule has 34 heavy (non-hydrogen) atoms. The fraction of sp³-hybridized carbons (Fsp3) is 0.133. The summed E-state index contributed by atoms with van der Waals surface area (Å²) < 4.78 is 12.5. The van der Waals surface area contributed by atoms with Crippen molar-refractivity contribution in [1.29, 1.82) is 0 Å². The lowest BCUT2D eigenvalue weighted by Gasteiger charge is -2.44. The van der Waals surface area contributed by atoms with Gasteiger partial charge in [-0.2, -0.15) is 0 Å². The van der Waals surface area contributed by atoms with Gasteiger partial charge in [0.05, 0.1) is 0 Å². The molecule has 168 valence electrons. The fourth-order valence-corrected chi connectivity index (χ4v) is 4.62. The molecule has 1 heterocycles. The van der Waals surface area contributed by atoms with E-state index in [1.807, 2.05) is 86.6 Å². The van der Waals surface area contributed by atoms with Crippen LogP contribution in [0.4, 0.5) is 0 Å². The van der Waals surface area contributed by atoms with E-state index in [4.69, 9.17) is 9.47 Å². The van der Waals surface area contributed by atoms with Crippen LogP contribution in [-0.2, 0) is 30.3 Å². The topological polar surface area (TPSA) is 52.6 Å². The van der Waals surface area contributed by atoms with Crippen LogP contribution in [0.25, 0.3) is 0 Å². The molecule has 0 saturated carbocycles. The van der Waals surface area contributed by atoms with E-state index in [0.29, 0.717) is 22.3 Å². The lowest BCUT2D eigenvalue weighted by Crippen LogP contribution is -2.57. The third kappa shape index (κ3) is 3.30. The predicted octanol–water partition coefficient (Wildman–Crippen LogP) is 5.59. The summed E-state index contributed by atoms with van der Waals surface area (Å²) in [5, 5.41) is 0. The van der Waals surface area contributed by atoms with Crippen molar-refractivity contribution in [2.24, 2.45) is 0 Å². The predicted molar refractivity (Wildman–Crippen MR) is 129 cm³/mol. The van der Waals surface area contributed by atoms with E-state index in [1.165, 1.54) is 0 Å². The molecule has 0 N–H and O–H groups in total. The second-order valence-corrected chi connectivity index (χ2v) is 8.61. The van der Waals surface area contributed by atoms with E-state index < -0.39 is 23.1 Å². The molecule has 4 aromatic carbocycles. The molecular formula is C30H24O4. The number of ether oxygens (including phenoxy) is 2. The Balaban J connectivity index is 1.75. The second-order valence-electron chi connectivity index (χ2n) is 8.61. The van der Waals surface area contributed by atoms with Crippen LogP contribution in [0.5, 0.6) is 0 Å². The number of hydrogen-bond acceptors (Lipinski definition) is 4. The highest BCUT2D eigenvalue weighted by Gasteiger charge is 2.61. The number of benzene rings is 4. The Bertz CT molecular complexity index is 1260. The molecule has 0 unspecified atom stereocenters. The zero-order chi connectivity index (χ0) is 23.8. The van der Waals surface area contributed by atoms with Gasteiger partial charge in [0.25, 0.3) is 11.2 Å². The highest BCUT2D eigenvalue weighted by molar-refractivity contribution is 5.99. The number of carbonyl (C=O) groups excluding carboxylic acids is 2. The van der Waals surface area contributed by atoms with Crippen LogP contribution in [0.2, 0.25) is 0 Å². The molecule has 0 bridgehead atoms. The zero-order valence-corrected chi connectivity index (χ0v) is 19.0. The Hall–Kier alpha value is -4.18. The van der Waals surface area contributed by atoms with E-state index in [-0.39, 0.29) is 0 Å². The molecule has 1 aliphatic rings. The van der Waals surface area contributed by atoms with E-state index in [1.54, 1.807) is 36.4 Å². The summed E-state index contributed by atoms with van der Waals surface area (Å²) in [5.41, 5.74) is 0.602. The summed E-state index contributed by atoms with van der Waals surface area (Å²) in [7, 11) is 0. The van der Waals surface area contributed by atoms with Crippen molar-refractivity contribution in [1.82, 2.24) is 0 Å². The molecule has 5 rings (SSSR count). The molecule has 1 fully saturated rings. The maximum Gasteiger partial charge on any atom is 0.362 e. The van der Waals surface area contributed by atoms with Crippen LogP contribution in [0.15, 0.2) is 109 Å². The molecule has 4 heteroatoms. The van der Waals surface area contributed by atoms with Gasteiger partial charge in [-0.3, -0.25) is 0 Å². The Kier molecular flexibility index (Phi) is 5.29. The van der Waals surface area contributed by atoms with Gasteiger partial charge >= 0.3 is 11.9 Å². The molecule has 0 amide bonds. The van der Waals surface area contributed by atoms with Crippen molar-refractivity contribution in [3.63, 3.8) is 0 Å². The minimum Gasteiger partial charge on any atom is -0.433 e. The molecule has 0 radical (unpaired) electrons. The SMILES string of the molecule is Cc1cccc([C@@]2(c3ccccc3)OC(=O)[C@@](c3ccccc3)(c3cccc(C)c3)OC2=O)c1. The van der Waals surface area contributed by atoms with Crippen LogP contribution in [0, 0.1) is 13.8 Å². The Morgan fingerprint density at radius 3 is 1.18 bits per heavy atom. The summed E-state index contributed by atoms with van der Waals surface area (Å²) >= 11 is 0. The molecule has 0 spiro atoms. The summed E-state index contributed by atoms with van der Waals surface area (Å²) in [6, 6.07) is 32.9. The molecular weight excluding hydrogens is 424 g/mol. The van der Waals surface area contributed by atoms with Crippen molar-refractivity contribution >= 4 is 11.9 Å². The minimum atomic E-state index is -1.72. The summed E-state index contributed by atoms with van der Waals surface area (Å²) in [6.07, 6.45) is 0. The first kappa shape index (κ1) is 21.7. The quantitative estimate of drug-likeness (QED) is 0.382. The molecule has 1 aliphatic heterocycles. The standard InChI is InChI=1S/C30H24O4/c1-21-11-9-17-25(19-21)29(23-13-5-3-6-14-23)27(31)34-30(28(32)33-29,24-15-7-4-8-16-24)26-18-10-12-22(2)20-26/h3-20H,1-2H3/t29-,30-/m1/s1. The summed E-state index contributed by atoms with van der Waals surface area (Å²) in [4.78, 5) is 28.2. The average molecular weight is 449 g/mol. The maximum atomic E-state index is 14.1. The molecule has 2 atom stereocenters. The van der Waals surface area contributed by atoms with Gasteiger partial charge in [-0.1, -0.05) is 120 Å². The lowest BCUT2D eigenvalue weighted by molar-refractivity contribution is -0.220. The Morgan fingerprint density at radius 2 is 0.824 bits per heavy atom. The van der Waals surface area contributed by atoms with Gasteiger partial charge in [0.15, 0.2) is 0 Å². The number of esters is 2. The monoisotopic (exact) mass is 448 g/mol. The first-order chi connectivity index (χ1) is 16.5. The van der Waals surface area contributed by atoms with E-state index in [9.17, 15) is 9.59 Å². The van der Waals surface area contributed by atoms with E-state index in [2.05, 4.69) is 0 Å². The highest BCUT2D eigenvalue weighted by Crippen LogP contribution is 2.47. The minimum absolute atomic E-state index is 0.532. The van der Waals surface area contributed by atoms with Crippen molar-refractivity contribution in [3.8, 4) is 0 Å². The summed E-state index contributed by atoms with van der Waals surface area (Å²) in [6.45, 7) is 3.86. The highest BCUT2D eigenvalue weighted by atomic mass is 16.7. The molecule has 0 aliphatic carbocycles. The molecule has 4 nitrogen and oxygen atoms in total.